The summed E-state index contributed by atoms with van der Waals surface area (Å²) in [5, 5.41) is 6.97. The van der Waals surface area contributed by atoms with Gasteiger partial charge >= 0.3 is 0 Å². The smallest absolute Gasteiger partial charge is 0.138 e. The van der Waals surface area contributed by atoms with Crippen molar-refractivity contribution in [1.82, 2.24) is 10.2 Å². The highest BCUT2D eigenvalue weighted by Gasteiger charge is 2.20. The van der Waals surface area contributed by atoms with Gasteiger partial charge in [0.05, 0.1) is 11.4 Å². The molecule has 4 heteroatoms. The van der Waals surface area contributed by atoms with Gasteiger partial charge in [0.1, 0.15) is 5.84 Å². The van der Waals surface area contributed by atoms with Gasteiger partial charge in [-0.1, -0.05) is 68.8 Å². The summed E-state index contributed by atoms with van der Waals surface area (Å²) in [5.41, 5.74) is 7.04. The third-order valence-corrected chi connectivity index (χ3v) is 6.12. The van der Waals surface area contributed by atoms with E-state index in [0.29, 0.717) is 0 Å². The van der Waals surface area contributed by atoms with Gasteiger partial charge in [0, 0.05) is 30.9 Å². The van der Waals surface area contributed by atoms with Crippen molar-refractivity contribution in [3.8, 4) is 0 Å². The lowest BCUT2D eigenvalue weighted by atomic mass is 10.1. The molecule has 0 atom stereocenters. The van der Waals surface area contributed by atoms with E-state index in [1.807, 2.05) is 12.1 Å². The number of benzene rings is 2. The van der Waals surface area contributed by atoms with Gasteiger partial charge in [0.2, 0.25) is 0 Å². The predicted octanol–water partition coefficient (Wildman–Crippen LogP) is 7.68. The second-order valence-corrected chi connectivity index (χ2v) is 8.96. The zero-order valence-electron chi connectivity index (χ0n) is 22.0. The number of nitrogens with one attached hydrogen (secondary N) is 2. The molecule has 0 aromatic heterocycles. The molecule has 35 heavy (non-hydrogen) atoms. The molecular formula is C31H42N4. The molecule has 1 aliphatic heterocycles. The Balaban J connectivity index is 0.000000261. The van der Waals surface area contributed by atoms with Crippen LogP contribution in [0.4, 0.5) is 17.1 Å². The maximum Gasteiger partial charge on any atom is 0.138 e. The monoisotopic (exact) mass is 470 g/mol. The summed E-state index contributed by atoms with van der Waals surface area (Å²) < 4.78 is 0. The highest BCUT2D eigenvalue weighted by Crippen LogP contribution is 2.35. The number of hydrogen-bond donors (Lipinski definition) is 2. The molecule has 0 unspecified atom stereocenters. The van der Waals surface area contributed by atoms with E-state index in [0.717, 1.165) is 54.6 Å². The van der Waals surface area contributed by atoms with Crippen LogP contribution < -0.4 is 10.6 Å². The average molecular weight is 471 g/mol. The van der Waals surface area contributed by atoms with Crippen molar-refractivity contribution in [2.45, 2.75) is 53.4 Å². The van der Waals surface area contributed by atoms with Gasteiger partial charge in [-0.2, -0.15) is 0 Å². The summed E-state index contributed by atoms with van der Waals surface area (Å²) in [7, 11) is 0. The summed E-state index contributed by atoms with van der Waals surface area (Å²) >= 11 is 0. The molecule has 0 radical (unpaired) electrons. The molecule has 0 spiro atoms. The lowest BCUT2D eigenvalue weighted by Crippen LogP contribution is -2.37. The van der Waals surface area contributed by atoms with Crippen LogP contribution in [0.15, 0.2) is 83.4 Å². The Morgan fingerprint density at radius 3 is 2.63 bits per heavy atom. The minimum atomic E-state index is 0.930. The standard InChI is InChI=1S/C20H26N4.C11H16/c1-4-21-12-13-24(5-2)20-16-11-10-15(3)14-19(16)22-17-8-6-7-9-18(17)23-20;1-2-8-11-9-6-4-3-5-7-10-11/h6-11,14,21-22H,4-5,12-13H2,1-3H3;4,6-7,9-10H,2-3,5,8H2,1H3/b;6-4-,10-7-,11-9-. The zero-order valence-corrected chi connectivity index (χ0v) is 22.0. The quantitative estimate of drug-likeness (QED) is 0.408. The fraction of sp³-hybridized carbons (Fsp3) is 0.387. The molecule has 0 saturated carbocycles. The third kappa shape index (κ3) is 7.97. The first-order valence-electron chi connectivity index (χ1n) is 13.2. The van der Waals surface area contributed by atoms with Gasteiger partial charge in [-0.3, -0.25) is 0 Å². The Hall–Kier alpha value is -3.11. The van der Waals surface area contributed by atoms with Crippen molar-refractivity contribution in [2.24, 2.45) is 4.99 Å². The molecule has 0 fully saturated rings. The fourth-order valence-corrected chi connectivity index (χ4v) is 4.22. The zero-order chi connectivity index (χ0) is 24.9. The van der Waals surface area contributed by atoms with Crippen LogP contribution in [0.5, 0.6) is 0 Å². The van der Waals surface area contributed by atoms with Gasteiger partial charge in [0.25, 0.3) is 0 Å². The number of aryl methyl sites for hydroxylation is 1. The second kappa shape index (κ2) is 14.3. The number of amidine groups is 1. The predicted molar refractivity (Wildman–Crippen MR) is 153 cm³/mol. The Morgan fingerprint density at radius 1 is 1.00 bits per heavy atom. The highest BCUT2D eigenvalue weighted by atomic mass is 15.2. The van der Waals surface area contributed by atoms with E-state index >= 15 is 0 Å². The van der Waals surface area contributed by atoms with E-state index < -0.39 is 0 Å². The molecule has 2 aromatic rings. The van der Waals surface area contributed by atoms with E-state index in [9.17, 15) is 0 Å². The van der Waals surface area contributed by atoms with Gasteiger partial charge in [-0.25, -0.2) is 4.99 Å². The molecule has 0 amide bonds. The van der Waals surface area contributed by atoms with E-state index in [-0.39, 0.29) is 0 Å². The number of anilines is 2. The van der Waals surface area contributed by atoms with Crippen molar-refractivity contribution >= 4 is 22.9 Å². The summed E-state index contributed by atoms with van der Waals surface area (Å²) in [6, 6.07) is 14.8. The van der Waals surface area contributed by atoms with E-state index in [2.05, 4.69) is 104 Å². The molecule has 2 N–H and O–H groups in total. The van der Waals surface area contributed by atoms with Crippen LogP contribution in [0.1, 0.15) is 57.6 Å². The van der Waals surface area contributed by atoms with Crippen molar-refractivity contribution in [3.05, 3.63) is 89.5 Å². The van der Waals surface area contributed by atoms with Crippen LogP contribution in [-0.2, 0) is 0 Å². The number of likely N-dealkylation sites (N-methyl/N-ethyl adjacent to an activating group) is 2. The molecule has 1 heterocycles. The SMILES string of the molecule is CCCC1=C/C=C\CC/C=C\1.CCNCCN(CC)C1=Nc2ccccc2Nc2cc(C)ccc21. The van der Waals surface area contributed by atoms with E-state index in [1.165, 1.54) is 36.8 Å². The van der Waals surface area contributed by atoms with Crippen molar-refractivity contribution in [1.29, 1.82) is 0 Å². The van der Waals surface area contributed by atoms with E-state index in [1.54, 1.807) is 0 Å². The minimum Gasteiger partial charge on any atom is -0.355 e. The summed E-state index contributed by atoms with van der Waals surface area (Å²) in [6.45, 7) is 12.5. The van der Waals surface area contributed by atoms with Crippen LogP contribution in [0.25, 0.3) is 0 Å². The molecule has 1 aliphatic carbocycles. The summed E-state index contributed by atoms with van der Waals surface area (Å²) in [5.74, 6) is 1.04. The van der Waals surface area contributed by atoms with Gasteiger partial charge in [-0.15, -0.1) is 0 Å². The summed E-state index contributed by atoms with van der Waals surface area (Å²) in [4.78, 5) is 7.36. The van der Waals surface area contributed by atoms with Crippen molar-refractivity contribution < 1.29 is 0 Å². The number of fused-ring (bicyclic) bond motifs is 2. The average Bonchev–Trinajstić information content (AvgIpc) is 3.00. The molecule has 4 rings (SSSR count). The fourth-order valence-electron chi connectivity index (χ4n) is 4.22. The minimum absolute atomic E-state index is 0.930. The Morgan fingerprint density at radius 2 is 1.83 bits per heavy atom. The van der Waals surface area contributed by atoms with Crippen LogP contribution in [0, 0.1) is 6.92 Å². The van der Waals surface area contributed by atoms with Crippen LogP contribution in [0.2, 0.25) is 0 Å². The molecule has 4 nitrogen and oxygen atoms in total. The lowest BCUT2D eigenvalue weighted by Gasteiger charge is -2.25. The van der Waals surface area contributed by atoms with Crippen molar-refractivity contribution in [3.63, 3.8) is 0 Å². The van der Waals surface area contributed by atoms with Gasteiger partial charge < -0.3 is 15.5 Å². The molecular weight excluding hydrogens is 428 g/mol. The number of rotatable bonds is 7. The van der Waals surface area contributed by atoms with Crippen LogP contribution in [-0.4, -0.2) is 36.9 Å². The van der Waals surface area contributed by atoms with Crippen LogP contribution >= 0.6 is 0 Å². The Kier molecular flexibility index (Phi) is 10.8. The second-order valence-electron chi connectivity index (χ2n) is 8.96. The number of nitrogens with zero attached hydrogens (tertiary/aromatic N) is 2. The number of para-hydroxylation sites is 2. The maximum absolute atomic E-state index is 5.01. The number of allylic oxidation sites excluding steroid dienone is 6. The van der Waals surface area contributed by atoms with E-state index in [4.69, 9.17) is 4.99 Å². The molecule has 186 valence electrons. The number of hydrogen-bond acceptors (Lipinski definition) is 4. The Labute approximate surface area is 212 Å². The summed E-state index contributed by atoms with van der Waals surface area (Å²) in [6.07, 6.45) is 16.0. The van der Waals surface area contributed by atoms with Crippen LogP contribution in [0.3, 0.4) is 0 Å². The third-order valence-electron chi connectivity index (χ3n) is 6.12. The Bertz CT molecular complexity index is 1060. The maximum atomic E-state index is 5.01. The molecule has 2 aliphatic rings. The first-order chi connectivity index (χ1) is 17.2. The first kappa shape index (κ1) is 26.5. The highest BCUT2D eigenvalue weighted by molar-refractivity contribution is 6.07. The number of aliphatic imine (C=N–C) groups is 1. The normalized spacial score (nSPS) is 17.4. The largest absolute Gasteiger partial charge is 0.355 e. The van der Waals surface area contributed by atoms with Gasteiger partial charge in [-0.05, 0) is 75.1 Å². The topological polar surface area (TPSA) is 39.7 Å². The van der Waals surface area contributed by atoms with Gasteiger partial charge in [0.15, 0.2) is 0 Å². The van der Waals surface area contributed by atoms with Crippen molar-refractivity contribution in [2.75, 3.05) is 31.5 Å². The molecule has 2 aromatic carbocycles. The molecule has 0 bridgehead atoms. The lowest BCUT2D eigenvalue weighted by molar-refractivity contribution is 0.433. The first-order valence-corrected chi connectivity index (χ1v) is 13.2. The molecule has 0 saturated heterocycles.